The third-order valence-corrected chi connectivity index (χ3v) is 5.52. The van der Waals surface area contributed by atoms with Gasteiger partial charge in [0.15, 0.2) is 16.6 Å². The van der Waals surface area contributed by atoms with Crippen LogP contribution in [0.1, 0.15) is 17.4 Å². The molecule has 1 amide bonds. The van der Waals surface area contributed by atoms with E-state index >= 15 is 0 Å². The number of hydrogen-bond acceptors (Lipinski definition) is 6. The van der Waals surface area contributed by atoms with Crippen LogP contribution >= 0.6 is 22.9 Å². The standard InChI is InChI=1S/C21H18ClN5O2S/c1-3-29-15-10-9-14(22)17(24-15)20(28)26-21-25-16(13-7-5-4-6-8-13)18(30-21)19-23-11-12-27(19)2/h4-12H,3H2,1-2H3,(H,25,26,28). The van der Waals surface area contributed by atoms with E-state index in [0.29, 0.717) is 17.6 Å². The summed E-state index contributed by atoms with van der Waals surface area (Å²) in [5.41, 5.74) is 1.76. The summed E-state index contributed by atoms with van der Waals surface area (Å²) in [6, 6.07) is 13.0. The molecule has 3 aromatic heterocycles. The highest BCUT2D eigenvalue weighted by Crippen LogP contribution is 2.38. The van der Waals surface area contributed by atoms with Crippen LogP contribution in [0.15, 0.2) is 54.9 Å². The van der Waals surface area contributed by atoms with E-state index in [9.17, 15) is 4.79 Å². The molecule has 3 heterocycles. The van der Waals surface area contributed by atoms with Gasteiger partial charge in [-0.3, -0.25) is 10.1 Å². The second kappa shape index (κ2) is 8.64. The Morgan fingerprint density at radius 2 is 2.00 bits per heavy atom. The number of rotatable bonds is 6. The van der Waals surface area contributed by atoms with E-state index < -0.39 is 5.91 Å². The summed E-state index contributed by atoms with van der Waals surface area (Å²) in [5.74, 6) is 0.646. The quantitative estimate of drug-likeness (QED) is 0.461. The number of amides is 1. The number of thiazole rings is 1. The minimum atomic E-state index is -0.457. The molecular weight excluding hydrogens is 422 g/mol. The molecule has 1 aromatic carbocycles. The van der Waals surface area contributed by atoms with Gasteiger partial charge >= 0.3 is 0 Å². The number of aromatic nitrogens is 4. The number of hydrogen-bond donors (Lipinski definition) is 1. The number of carbonyl (C=O) groups is 1. The third kappa shape index (κ3) is 4.05. The number of imidazole rings is 1. The van der Waals surface area contributed by atoms with Crippen LogP contribution in [0, 0.1) is 0 Å². The zero-order valence-corrected chi connectivity index (χ0v) is 17.9. The summed E-state index contributed by atoms with van der Waals surface area (Å²) >= 11 is 7.52. The lowest BCUT2D eigenvalue weighted by Gasteiger charge is -2.06. The van der Waals surface area contributed by atoms with E-state index in [1.807, 2.05) is 55.1 Å². The van der Waals surface area contributed by atoms with Gasteiger partial charge < -0.3 is 9.30 Å². The predicted molar refractivity (Wildman–Crippen MR) is 118 cm³/mol. The molecule has 0 unspecified atom stereocenters. The van der Waals surface area contributed by atoms with Gasteiger partial charge in [-0.1, -0.05) is 53.3 Å². The number of anilines is 1. The van der Waals surface area contributed by atoms with E-state index in [1.165, 1.54) is 11.3 Å². The van der Waals surface area contributed by atoms with Gasteiger partial charge in [-0.25, -0.2) is 15.0 Å². The van der Waals surface area contributed by atoms with Crippen molar-refractivity contribution in [3.8, 4) is 27.8 Å². The molecule has 1 N–H and O–H groups in total. The van der Waals surface area contributed by atoms with Gasteiger partial charge in [0, 0.05) is 31.1 Å². The monoisotopic (exact) mass is 439 g/mol. The second-order valence-corrected chi connectivity index (χ2v) is 7.70. The van der Waals surface area contributed by atoms with Crippen molar-refractivity contribution in [3.05, 3.63) is 65.6 Å². The maximum absolute atomic E-state index is 12.8. The van der Waals surface area contributed by atoms with Gasteiger partial charge in [0.1, 0.15) is 0 Å². The maximum atomic E-state index is 12.8. The first kappa shape index (κ1) is 20.1. The molecule has 152 valence electrons. The van der Waals surface area contributed by atoms with Crippen molar-refractivity contribution in [2.24, 2.45) is 7.05 Å². The molecule has 0 saturated carbocycles. The van der Waals surface area contributed by atoms with Crippen LogP contribution in [0.2, 0.25) is 5.02 Å². The Balaban J connectivity index is 1.71. The van der Waals surface area contributed by atoms with Crippen LogP contribution < -0.4 is 10.1 Å². The molecule has 0 saturated heterocycles. The fourth-order valence-corrected chi connectivity index (χ4v) is 4.08. The van der Waals surface area contributed by atoms with E-state index in [-0.39, 0.29) is 10.7 Å². The average molecular weight is 440 g/mol. The summed E-state index contributed by atoms with van der Waals surface area (Å²) < 4.78 is 7.28. The lowest BCUT2D eigenvalue weighted by atomic mass is 10.1. The summed E-state index contributed by atoms with van der Waals surface area (Å²) in [4.78, 5) is 27.0. The fraction of sp³-hybridized carbons (Fsp3) is 0.143. The first-order chi connectivity index (χ1) is 14.6. The summed E-state index contributed by atoms with van der Waals surface area (Å²) in [6.45, 7) is 2.28. The molecule has 30 heavy (non-hydrogen) atoms. The Bertz CT molecular complexity index is 1190. The SMILES string of the molecule is CCOc1ccc(Cl)c(C(=O)Nc2nc(-c3ccccc3)c(-c3nccn3C)s2)n1. The van der Waals surface area contributed by atoms with Crippen molar-refractivity contribution in [3.63, 3.8) is 0 Å². The molecule has 9 heteroatoms. The van der Waals surface area contributed by atoms with Gasteiger partial charge in [-0.15, -0.1) is 0 Å². The Morgan fingerprint density at radius 1 is 1.20 bits per heavy atom. The predicted octanol–water partition coefficient (Wildman–Crippen LogP) is 4.91. The van der Waals surface area contributed by atoms with Crippen molar-refractivity contribution < 1.29 is 9.53 Å². The van der Waals surface area contributed by atoms with E-state index in [2.05, 4.69) is 20.3 Å². The van der Waals surface area contributed by atoms with Crippen molar-refractivity contribution in [1.82, 2.24) is 19.5 Å². The Hall–Kier alpha value is -3.23. The first-order valence-electron chi connectivity index (χ1n) is 9.21. The number of nitrogens with zero attached hydrogens (tertiary/aromatic N) is 4. The van der Waals surface area contributed by atoms with Crippen LogP contribution in [0.5, 0.6) is 5.88 Å². The zero-order valence-electron chi connectivity index (χ0n) is 16.3. The van der Waals surface area contributed by atoms with Crippen molar-refractivity contribution in [2.75, 3.05) is 11.9 Å². The number of benzene rings is 1. The molecule has 0 atom stereocenters. The number of halogens is 1. The summed E-state index contributed by atoms with van der Waals surface area (Å²) in [7, 11) is 1.91. The van der Waals surface area contributed by atoms with Gasteiger partial charge in [0.25, 0.3) is 5.91 Å². The second-order valence-electron chi connectivity index (χ2n) is 6.29. The Morgan fingerprint density at radius 3 is 2.70 bits per heavy atom. The van der Waals surface area contributed by atoms with Crippen molar-refractivity contribution in [2.45, 2.75) is 6.92 Å². The third-order valence-electron chi connectivity index (χ3n) is 4.25. The summed E-state index contributed by atoms with van der Waals surface area (Å²) in [5, 5.41) is 3.47. The number of aryl methyl sites for hydroxylation is 1. The lowest BCUT2D eigenvalue weighted by molar-refractivity contribution is 0.102. The van der Waals surface area contributed by atoms with Crippen LogP contribution in [0.25, 0.3) is 22.0 Å². The topological polar surface area (TPSA) is 81.9 Å². The molecule has 0 radical (unpaired) electrons. The minimum absolute atomic E-state index is 0.0811. The molecule has 0 bridgehead atoms. The van der Waals surface area contributed by atoms with E-state index in [0.717, 1.165) is 22.0 Å². The van der Waals surface area contributed by atoms with E-state index in [1.54, 1.807) is 18.3 Å². The highest BCUT2D eigenvalue weighted by atomic mass is 35.5. The lowest BCUT2D eigenvalue weighted by Crippen LogP contribution is -2.14. The van der Waals surface area contributed by atoms with Gasteiger partial charge in [0.05, 0.1) is 22.2 Å². The molecule has 0 aliphatic heterocycles. The smallest absolute Gasteiger partial charge is 0.277 e. The molecular formula is C21H18ClN5O2S. The number of carbonyl (C=O) groups excluding carboxylic acids is 1. The molecule has 0 aliphatic rings. The van der Waals surface area contributed by atoms with E-state index in [4.69, 9.17) is 16.3 Å². The number of pyridine rings is 1. The maximum Gasteiger partial charge on any atom is 0.277 e. The molecule has 0 aliphatic carbocycles. The molecule has 4 aromatic rings. The van der Waals surface area contributed by atoms with Crippen LogP contribution in [-0.2, 0) is 7.05 Å². The van der Waals surface area contributed by atoms with Gasteiger partial charge in [-0.2, -0.15) is 0 Å². The number of nitrogens with one attached hydrogen (secondary N) is 1. The largest absolute Gasteiger partial charge is 0.478 e. The molecule has 4 rings (SSSR count). The molecule has 7 nitrogen and oxygen atoms in total. The average Bonchev–Trinajstić information content (AvgIpc) is 3.36. The zero-order chi connectivity index (χ0) is 21.1. The normalized spacial score (nSPS) is 10.8. The van der Waals surface area contributed by atoms with Gasteiger partial charge in [0.2, 0.25) is 5.88 Å². The van der Waals surface area contributed by atoms with Crippen LogP contribution in [0.4, 0.5) is 5.13 Å². The Kier molecular flexibility index (Phi) is 5.78. The minimum Gasteiger partial charge on any atom is -0.478 e. The molecule has 0 spiro atoms. The summed E-state index contributed by atoms with van der Waals surface area (Å²) in [6.07, 6.45) is 3.59. The van der Waals surface area contributed by atoms with Crippen molar-refractivity contribution >= 4 is 34.0 Å². The highest BCUT2D eigenvalue weighted by molar-refractivity contribution is 7.19. The highest BCUT2D eigenvalue weighted by Gasteiger charge is 2.21. The van der Waals surface area contributed by atoms with Crippen LogP contribution in [0.3, 0.4) is 0 Å². The van der Waals surface area contributed by atoms with Gasteiger partial charge in [-0.05, 0) is 13.0 Å². The Labute approximate surface area is 182 Å². The van der Waals surface area contributed by atoms with Crippen molar-refractivity contribution in [1.29, 1.82) is 0 Å². The first-order valence-corrected chi connectivity index (χ1v) is 10.4. The number of ether oxygens (including phenoxy) is 1. The van der Waals surface area contributed by atoms with Crippen LogP contribution in [-0.4, -0.2) is 32.0 Å². The molecule has 0 fully saturated rings. The fourth-order valence-electron chi connectivity index (χ4n) is 2.87.